The van der Waals surface area contributed by atoms with Crippen LogP contribution in [0.2, 0.25) is 0 Å². The van der Waals surface area contributed by atoms with Crippen LogP contribution >= 0.6 is 0 Å². The van der Waals surface area contributed by atoms with E-state index >= 15 is 0 Å². The zero-order valence-electron chi connectivity index (χ0n) is 15.6. The van der Waals surface area contributed by atoms with Crippen LogP contribution in [0.1, 0.15) is 84.9 Å². The lowest BCUT2D eigenvalue weighted by Crippen LogP contribution is -2.17. The summed E-state index contributed by atoms with van der Waals surface area (Å²) >= 11 is 0. The minimum Gasteiger partial charge on any atom is -0.462 e. The van der Waals surface area contributed by atoms with Gasteiger partial charge in [0.1, 0.15) is 0 Å². The quantitative estimate of drug-likeness (QED) is 0.659. The Bertz CT molecular complexity index is 528. The van der Waals surface area contributed by atoms with Crippen molar-refractivity contribution in [2.75, 3.05) is 13.2 Å². The maximum Gasteiger partial charge on any atom is 0.338 e. The molecule has 3 rings (SSSR count). The summed E-state index contributed by atoms with van der Waals surface area (Å²) in [5.41, 5.74) is 0.981. The summed E-state index contributed by atoms with van der Waals surface area (Å²) in [5, 5.41) is 0. The van der Waals surface area contributed by atoms with Crippen molar-refractivity contribution in [1.29, 1.82) is 0 Å². The lowest BCUT2D eigenvalue weighted by Gasteiger charge is -2.21. The zero-order chi connectivity index (χ0) is 18.2. The van der Waals surface area contributed by atoms with E-state index in [2.05, 4.69) is 0 Å². The van der Waals surface area contributed by atoms with E-state index in [1.54, 1.807) is 24.3 Å². The molecule has 2 fully saturated rings. The third-order valence-electron chi connectivity index (χ3n) is 5.71. The Kier molecular flexibility index (Phi) is 7.10. The van der Waals surface area contributed by atoms with Gasteiger partial charge in [0.15, 0.2) is 0 Å². The molecule has 0 heterocycles. The molecule has 0 amide bonds. The Balaban J connectivity index is 1.44. The fourth-order valence-electron chi connectivity index (χ4n) is 4.00. The molecule has 26 heavy (non-hydrogen) atoms. The van der Waals surface area contributed by atoms with Crippen LogP contribution in [0, 0.1) is 11.8 Å². The van der Waals surface area contributed by atoms with Crippen molar-refractivity contribution in [2.24, 2.45) is 11.8 Å². The van der Waals surface area contributed by atoms with Gasteiger partial charge < -0.3 is 9.47 Å². The van der Waals surface area contributed by atoms with Crippen molar-refractivity contribution in [3.8, 4) is 0 Å². The van der Waals surface area contributed by atoms with E-state index in [1.807, 2.05) is 0 Å². The monoisotopic (exact) mass is 358 g/mol. The maximum atomic E-state index is 12.2. The third-order valence-corrected chi connectivity index (χ3v) is 5.71. The van der Waals surface area contributed by atoms with E-state index in [0.29, 0.717) is 36.2 Å². The van der Waals surface area contributed by atoms with Crippen molar-refractivity contribution < 1.29 is 19.1 Å². The zero-order valence-corrected chi connectivity index (χ0v) is 15.6. The highest BCUT2D eigenvalue weighted by atomic mass is 16.5. The van der Waals surface area contributed by atoms with Gasteiger partial charge in [-0.05, 0) is 61.8 Å². The van der Waals surface area contributed by atoms with Gasteiger partial charge in [0.05, 0.1) is 24.3 Å². The predicted molar refractivity (Wildman–Crippen MR) is 100 cm³/mol. The van der Waals surface area contributed by atoms with Crippen LogP contribution in [0.4, 0.5) is 0 Å². The Morgan fingerprint density at radius 1 is 0.654 bits per heavy atom. The van der Waals surface area contributed by atoms with Crippen LogP contribution in [0.5, 0.6) is 0 Å². The van der Waals surface area contributed by atoms with E-state index in [1.165, 1.54) is 38.5 Å². The van der Waals surface area contributed by atoms with E-state index in [9.17, 15) is 9.59 Å². The summed E-state index contributed by atoms with van der Waals surface area (Å²) in [6.07, 6.45) is 12.1. The average molecular weight is 358 g/mol. The first kappa shape index (κ1) is 18.9. The molecule has 1 aromatic rings. The number of hydrogen-bond donors (Lipinski definition) is 0. The number of hydrogen-bond acceptors (Lipinski definition) is 4. The minimum atomic E-state index is -0.308. The second-order valence-electron chi connectivity index (χ2n) is 7.78. The summed E-state index contributed by atoms with van der Waals surface area (Å²) in [5.74, 6) is 0.388. The van der Waals surface area contributed by atoms with Gasteiger partial charge in [-0.2, -0.15) is 0 Å². The second kappa shape index (κ2) is 9.75. The fourth-order valence-corrected chi connectivity index (χ4v) is 4.00. The smallest absolute Gasteiger partial charge is 0.338 e. The highest BCUT2D eigenvalue weighted by molar-refractivity contribution is 5.93. The molecule has 0 saturated heterocycles. The van der Waals surface area contributed by atoms with Crippen LogP contribution in [0.25, 0.3) is 0 Å². The van der Waals surface area contributed by atoms with Crippen molar-refractivity contribution in [3.63, 3.8) is 0 Å². The number of rotatable bonds is 6. The van der Waals surface area contributed by atoms with E-state index in [0.717, 1.165) is 25.7 Å². The van der Waals surface area contributed by atoms with Gasteiger partial charge in [-0.1, -0.05) is 38.5 Å². The average Bonchev–Trinajstić information content (AvgIpc) is 2.72. The summed E-state index contributed by atoms with van der Waals surface area (Å²) in [4.78, 5) is 24.3. The first-order valence-electron chi connectivity index (χ1n) is 10.2. The molecule has 2 aliphatic rings. The molecule has 142 valence electrons. The van der Waals surface area contributed by atoms with Gasteiger partial charge in [0.25, 0.3) is 0 Å². The molecule has 0 atom stereocenters. The molecule has 0 N–H and O–H groups in total. The molecular formula is C22H30O4. The molecule has 4 nitrogen and oxygen atoms in total. The molecule has 2 saturated carbocycles. The Labute approximate surface area is 156 Å². The predicted octanol–water partition coefficient (Wildman–Crippen LogP) is 5.16. The van der Waals surface area contributed by atoms with Crippen LogP contribution in [-0.2, 0) is 9.47 Å². The summed E-state index contributed by atoms with van der Waals surface area (Å²) in [6, 6.07) is 6.61. The largest absolute Gasteiger partial charge is 0.462 e. The first-order valence-corrected chi connectivity index (χ1v) is 10.2. The number of carbonyl (C=O) groups is 2. The number of esters is 2. The summed E-state index contributed by atoms with van der Waals surface area (Å²) in [6.45, 7) is 1.01. The number of ether oxygens (including phenoxy) is 2. The van der Waals surface area contributed by atoms with Crippen LogP contribution in [0.3, 0.4) is 0 Å². The van der Waals surface area contributed by atoms with Crippen molar-refractivity contribution in [2.45, 2.75) is 64.2 Å². The number of carbonyl (C=O) groups excluding carboxylic acids is 2. The SMILES string of the molecule is O=C(OCC1CCCCC1)c1ccc(C(=O)OCC2CCCCC2)cc1. The van der Waals surface area contributed by atoms with Gasteiger partial charge >= 0.3 is 11.9 Å². The van der Waals surface area contributed by atoms with Crippen LogP contribution in [0.15, 0.2) is 24.3 Å². The first-order chi connectivity index (χ1) is 12.7. The van der Waals surface area contributed by atoms with E-state index in [-0.39, 0.29) is 11.9 Å². The molecular weight excluding hydrogens is 328 g/mol. The van der Waals surface area contributed by atoms with E-state index in [4.69, 9.17) is 9.47 Å². The van der Waals surface area contributed by atoms with Gasteiger partial charge in [-0.15, -0.1) is 0 Å². The standard InChI is InChI=1S/C22H30O4/c23-21(25-15-17-7-3-1-4-8-17)19-11-13-20(14-12-19)22(24)26-16-18-9-5-2-6-10-18/h11-14,17-18H,1-10,15-16H2. The lowest BCUT2D eigenvalue weighted by molar-refractivity contribution is 0.0397. The third kappa shape index (κ3) is 5.58. The van der Waals surface area contributed by atoms with Gasteiger partial charge in [-0.25, -0.2) is 9.59 Å². The fraction of sp³-hybridized carbons (Fsp3) is 0.636. The van der Waals surface area contributed by atoms with Gasteiger partial charge in [0, 0.05) is 0 Å². The topological polar surface area (TPSA) is 52.6 Å². The van der Waals surface area contributed by atoms with E-state index < -0.39 is 0 Å². The van der Waals surface area contributed by atoms with Gasteiger partial charge in [-0.3, -0.25) is 0 Å². The Morgan fingerprint density at radius 2 is 1.00 bits per heavy atom. The molecule has 2 aliphatic carbocycles. The highest BCUT2D eigenvalue weighted by Crippen LogP contribution is 2.25. The number of benzene rings is 1. The normalized spacial score (nSPS) is 19.1. The van der Waals surface area contributed by atoms with Crippen molar-refractivity contribution >= 4 is 11.9 Å². The molecule has 0 unspecified atom stereocenters. The second-order valence-corrected chi connectivity index (χ2v) is 7.78. The maximum absolute atomic E-state index is 12.2. The minimum absolute atomic E-state index is 0.308. The lowest BCUT2D eigenvalue weighted by atomic mass is 9.90. The molecule has 4 heteroatoms. The Morgan fingerprint density at radius 3 is 1.35 bits per heavy atom. The molecule has 0 radical (unpaired) electrons. The molecule has 0 spiro atoms. The van der Waals surface area contributed by atoms with Crippen molar-refractivity contribution in [1.82, 2.24) is 0 Å². The van der Waals surface area contributed by atoms with Gasteiger partial charge in [0.2, 0.25) is 0 Å². The Hall–Kier alpha value is -1.84. The molecule has 1 aromatic carbocycles. The van der Waals surface area contributed by atoms with Crippen molar-refractivity contribution in [3.05, 3.63) is 35.4 Å². The van der Waals surface area contributed by atoms with Crippen LogP contribution in [-0.4, -0.2) is 25.2 Å². The summed E-state index contributed by atoms with van der Waals surface area (Å²) in [7, 11) is 0. The molecule has 0 aromatic heterocycles. The molecule has 0 aliphatic heterocycles. The molecule has 0 bridgehead atoms. The van der Waals surface area contributed by atoms with Crippen LogP contribution < -0.4 is 0 Å². The highest BCUT2D eigenvalue weighted by Gasteiger charge is 2.18. The summed E-state index contributed by atoms with van der Waals surface area (Å²) < 4.78 is 10.9.